The predicted octanol–water partition coefficient (Wildman–Crippen LogP) is 15.5. The van der Waals surface area contributed by atoms with Crippen molar-refractivity contribution in [3.05, 3.63) is 12.8 Å². The Hall–Kier alpha value is -0.790. The quantitative estimate of drug-likeness (QED) is 0.0389. The Morgan fingerprint density at radius 1 is 0.364 bits per heavy atom. The summed E-state index contributed by atoms with van der Waals surface area (Å²) in [6, 6.07) is 0. The molecule has 0 saturated carbocycles. The van der Waals surface area contributed by atoms with Crippen molar-refractivity contribution < 1.29 is 9.53 Å². The van der Waals surface area contributed by atoms with Crippen LogP contribution in [0.1, 0.15) is 251 Å². The van der Waals surface area contributed by atoms with Crippen molar-refractivity contribution in [1.82, 2.24) is 0 Å². The minimum absolute atomic E-state index is 0.142. The lowest BCUT2D eigenvalue weighted by Crippen LogP contribution is -1.98. The van der Waals surface area contributed by atoms with E-state index in [0.29, 0.717) is 6.42 Å². The van der Waals surface area contributed by atoms with Crippen LogP contribution in [0.3, 0.4) is 0 Å². The van der Waals surface area contributed by atoms with Crippen molar-refractivity contribution in [1.29, 1.82) is 0 Å². The van der Waals surface area contributed by atoms with E-state index in [1.807, 2.05) is 0 Å². The van der Waals surface area contributed by atoms with Crippen molar-refractivity contribution in [2.24, 2.45) is 0 Å². The van der Waals surface area contributed by atoms with E-state index in [-0.39, 0.29) is 5.97 Å². The highest BCUT2D eigenvalue weighted by Gasteiger charge is 2.00. The molecule has 0 rings (SSSR count). The standard InChI is InChI=1S/C42H82O2/c1-3-5-6-7-8-9-10-11-12-13-14-15-16-17-18-19-20-21-22-23-24-25-26-27-28-29-30-31-32-33-34-35-36-37-38-39-40-41-42(43)44-4-2/h4H,2-3,5-41H2,1H3. The lowest BCUT2D eigenvalue weighted by Gasteiger charge is -2.05. The topological polar surface area (TPSA) is 26.3 Å². The minimum Gasteiger partial charge on any atom is -0.435 e. The van der Waals surface area contributed by atoms with Crippen LogP contribution in [0.2, 0.25) is 0 Å². The summed E-state index contributed by atoms with van der Waals surface area (Å²) in [6.45, 7) is 5.72. The molecule has 0 aliphatic rings. The molecule has 0 bridgehead atoms. The molecule has 0 aromatic heterocycles. The number of ether oxygens (including phenoxy) is 1. The number of rotatable bonds is 39. The van der Waals surface area contributed by atoms with Crippen molar-refractivity contribution in [3.8, 4) is 0 Å². The number of carbonyl (C=O) groups excluding carboxylic acids is 1. The average Bonchev–Trinajstić information content (AvgIpc) is 3.02. The second-order valence-electron chi connectivity index (χ2n) is 14.1. The monoisotopic (exact) mass is 619 g/mol. The second-order valence-corrected chi connectivity index (χ2v) is 14.1. The van der Waals surface area contributed by atoms with E-state index in [4.69, 9.17) is 4.74 Å². The van der Waals surface area contributed by atoms with Gasteiger partial charge in [0.2, 0.25) is 0 Å². The first-order valence-corrected chi connectivity index (χ1v) is 20.6. The van der Waals surface area contributed by atoms with Crippen LogP contribution in [0.4, 0.5) is 0 Å². The van der Waals surface area contributed by atoms with Crippen LogP contribution in [0.25, 0.3) is 0 Å². The van der Waals surface area contributed by atoms with Gasteiger partial charge in [0.05, 0.1) is 6.26 Å². The van der Waals surface area contributed by atoms with E-state index in [2.05, 4.69) is 13.5 Å². The molecule has 0 fully saturated rings. The molecule has 0 aliphatic carbocycles. The summed E-state index contributed by atoms with van der Waals surface area (Å²) in [5.41, 5.74) is 0. The molecule has 0 amide bonds. The third-order valence-corrected chi connectivity index (χ3v) is 9.70. The van der Waals surface area contributed by atoms with Gasteiger partial charge in [0, 0.05) is 6.42 Å². The maximum absolute atomic E-state index is 11.2. The van der Waals surface area contributed by atoms with Crippen molar-refractivity contribution in [3.63, 3.8) is 0 Å². The van der Waals surface area contributed by atoms with Gasteiger partial charge in [-0.3, -0.25) is 4.79 Å². The molecule has 0 unspecified atom stereocenters. The van der Waals surface area contributed by atoms with Crippen LogP contribution in [-0.2, 0) is 9.53 Å². The Morgan fingerprint density at radius 2 is 0.545 bits per heavy atom. The van der Waals surface area contributed by atoms with Crippen LogP contribution >= 0.6 is 0 Å². The van der Waals surface area contributed by atoms with Gasteiger partial charge >= 0.3 is 5.97 Å². The normalized spacial score (nSPS) is 11.3. The van der Waals surface area contributed by atoms with Crippen LogP contribution < -0.4 is 0 Å². The van der Waals surface area contributed by atoms with Crippen molar-refractivity contribution >= 4 is 5.97 Å². The summed E-state index contributed by atoms with van der Waals surface area (Å²) in [6.07, 6.45) is 54.6. The van der Waals surface area contributed by atoms with Crippen LogP contribution in [0.5, 0.6) is 0 Å². The van der Waals surface area contributed by atoms with E-state index < -0.39 is 0 Å². The van der Waals surface area contributed by atoms with Crippen LogP contribution in [0.15, 0.2) is 12.8 Å². The highest BCUT2D eigenvalue weighted by molar-refractivity contribution is 5.69. The van der Waals surface area contributed by atoms with Crippen molar-refractivity contribution in [2.75, 3.05) is 0 Å². The second kappa shape index (κ2) is 40.2. The molecule has 0 heterocycles. The maximum atomic E-state index is 11.2. The molecule has 0 radical (unpaired) electrons. The third kappa shape index (κ3) is 39.2. The molecular weight excluding hydrogens is 536 g/mol. The molecule has 0 spiro atoms. The Balaban J connectivity index is 3.05. The maximum Gasteiger partial charge on any atom is 0.310 e. The van der Waals surface area contributed by atoms with Gasteiger partial charge < -0.3 is 4.74 Å². The fourth-order valence-corrected chi connectivity index (χ4v) is 6.68. The highest BCUT2D eigenvalue weighted by atomic mass is 16.5. The fourth-order valence-electron chi connectivity index (χ4n) is 6.68. The van der Waals surface area contributed by atoms with E-state index in [1.54, 1.807) is 0 Å². The Bertz CT molecular complexity index is 542. The van der Waals surface area contributed by atoms with Gasteiger partial charge in [-0.2, -0.15) is 0 Å². The highest BCUT2D eigenvalue weighted by Crippen LogP contribution is 2.17. The van der Waals surface area contributed by atoms with Crippen LogP contribution in [-0.4, -0.2) is 5.97 Å². The fraction of sp³-hybridized carbons (Fsp3) is 0.929. The number of esters is 1. The zero-order valence-electron chi connectivity index (χ0n) is 30.5. The van der Waals surface area contributed by atoms with Gasteiger partial charge in [-0.25, -0.2) is 0 Å². The summed E-state index contributed by atoms with van der Waals surface area (Å²) in [5, 5.41) is 0. The minimum atomic E-state index is -0.142. The van der Waals surface area contributed by atoms with E-state index in [1.165, 1.54) is 231 Å². The summed E-state index contributed by atoms with van der Waals surface area (Å²) >= 11 is 0. The molecule has 0 aromatic carbocycles. The number of carbonyl (C=O) groups is 1. The summed E-state index contributed by atoms with van der Waals surface area (Å²) < 4.78 is 4.74. The number of hydrogen-bond acceptors (Lipinski definition) is 2. The Morgan fingerprint density at radius 3 is 0.727 bits per heavy atom. The van der Waals surface area contributed by atoms with Crippen molar-refractivity contribution in [2.45, 2.75) is 251 Å². The van der Waals surface area contributed by atoms with Gasteiger partial charge in [-0.1, -0.05) is 245 Å². The van der Waals surface area contributed by atoms with Crippen LogP contribution in [0, 0.1) is 0 Å². The van der Waals surface area contributed by atoms with Gasteiger partial charge in [0.15, 0.2) is 0 Å². The molecule has 0 atom stereocenters. The van der Waals surface area contributed by atoms with E-state index in [0.717, 1.165) is 12.8 Å². The summed E-state index contributed by atoms with van der Waals surface area (Å²) in [5.74, 6) is -0.142. The first-order valence-electron chi connectivity index (χ1n) is 20.6. The van der Waals surface area contributed by atoms with E-state index >= 15 is 0 Å². The number of hydrogen-bond donors (Lipinski definition) is 0. The first kappa shape index (κ1) is 43.2. The largest absolute Gasteiger partial charge is 0.435 e. The zero-order chi connectivity index (χ0) is 31.9. The molecule has 2 heteroatoms. The summed E-state index contributed by atoms with van der Waals surface area (Å²) in [4.78, 5) is 11.2. The molecule has 0 aromatic rings. The summed E-state index contributed by atoms with van der Waals surface area (Å²) in [7, 11) is 0. The first-order chi connectivity index (χ1) is 21.8. The Kier molecular flexibility index (Phi) is 39.5. The predicted molar refractivity (Wildman–Crippen MR) is 197 cm³/mol. The number of unbranched alkanes of at least 4 members (excludes halogenated alkanes) is 36. The zero-order valence-corrected chi connectivity index (χ0v) is 30.5. The van der Waals surface area contributed by atoms with Gasteiger partial charge in [0.1, 0.15) is 0 Å². The molecule has 44 heavy (non-hydrogen) atoms. The average molecular weight is 619 g/mol. The third-order valence-electron chi connectivity index (χ3n) is 9.70. The molecule has 0 aliphatic heterocycles. The SMILES string of the molecule is C=COC(=O)CCCCCCCCCCCCCCCCCCCCCCCCCCCCCCCCCCCCCCC. The smallest absolute Gasteiger partial charge is 0.310 e. The van der Waals surface area contributed by atoms with E-state index in [9.17, 15) is 4.79 Å². The molecular formula is C42H82O2. The molecule has 0 saturated heterocycles. The lowest BCUT2D eigenvalue weighted by atomic mass is 10.0. The van der Waals surface area contributed by atoms with Gasteiger partial charge in [0.25, 0.3) is 0 Å². The lowest BCUT2D eigenvalue weighted by molar-refractivity contribution is -0.138. The molecule has 2 nitrogen and oxygen atoms in total. The Labute approximate surface area is 278 Å². The van der Waals surface area contributed by atoms with Gasteiger partial charge in [-0.05, 0) is 6.42 Å². The molecule has 0 N–H and O–H groups in total. The van der Waals surface area contributed by atoms with Gasteiger partial charge in [-0.15, -0.1) is 0 Å². The molecule has 262 valence electrons.